The van der Waals surface area contributed by atoms with Gasteiger partial charge in [-0.05, 0) is 30.5 Å². The minimum atomic E-state index is -0.231. The number of benzene rings is 1. The summed E-state index contributed by atoms with van der Waals surface area (Å²) >= 11 is 0. The molecule has 1 saturated carbocycles. The molecule has 1 aromatic rings. The predicted molar refractivity (Wildman–Crippen MR) is 74.9 cm³/mol. The first-order chi connectivity index (χ1) is 9.28. The number of rotatable bonds is 3. The van der Waals surface area contributed by atoms with Crippen LogP contribution in [0, 0.1) is 5.82 Å². The Morgan fingerprint density at radius 2 is 1.89 bits per heavy atom. The smallest absolute Gasteiger partial charge is 0.206 e. The molecule has 19 heavy (non-hydrogen) atoms. The Kier molecular flexibility index (Phi) is 5.15. The van der Waals surface area contributed by atoms with E-state index in [0.717, 1.165) is 18.4 Å². The van der Waals surface area contributed by atoms with Crippen LogP contribution in [0.15, 0.2) is 29.3 Å². The normalized spacial score (nSPS) is 17.3. The molecule has 0 heterocycles. The first kappa shape index (κ1) is 13.8. The summed E-state index contributed by atoms with van der Waals surface area (Å²) in [6.07, 6.45) is 6.16. The minimum Gasteiger partial charge on any atom is -0.353 e. The second-order valence-corrected chi connectivity index (χ2v) is 4.91. The number of halogens is 1. The molecule has 0 bridgehead atoms. The zero-order valence-corrected chi connectivity index (χ0v) is 11.0. The first-order valence-corrected chi connectivity index (χ1v) is 6.80. The number of nitrogens with zero attached hydrogens (tertiary/aromatic N) is 1. The average molecular weight is 264 g/mol. The van der Waals surface area contributed by atoms with Gasteiger partial charge in [0.2, 0.25) is 5.96 Å². The molecular weight excluding hydrogens is 243 g/mol. The Bertz CT molecular complexity index is 410. The summed E-state index contributed by atoms with van der Waals surface area (Å²) in [5.74, 6) is 5.85. The van der Waals surface area contributed by atoms with E-state index in [1.165, 1.54) is 31.4 Å². The molecule has 0 spiro atoms. The standard InChI is InChI=1S/C14H21FN4/c15-12-8-6-11(7-9-12)10-17-14(19-16)18-13-4-2-1-3-5-13/h6-9,13H,1-5,10,16H2,(H2,17,18,19). The summed E-state index contributed by atoms with van der Waals surface area (Å²) in [6.45, 7) is 0.486. The van der Waals surface area contributed by atoms with Gasteiger partial charge in [0.25, 0.3) is 0 Å². The van der Waals surface area contributed by atoms with Crippen LogP contribution >= 0.6 is 0 Å². The van der Waals surface area contributed by atoms with Crippen molar-refractivity contribution in [2.24, 2.45) is 10.8 Å². The highest BCUT2D eigenvalue weighted by Crippen LogP contribution is 2.17. The van der Waals surface area contributed by atoms with Crippen molar-refractivity contribution in [1.29, 1.82) is 0 Å². The van der Waals surface area contributed by atoms with Gasteiger partial charge in [0.15, 0.2) is 0 Å². The molecule has 0 amide bonds. The van der Waals surface area contributed by atoms with Crippen molar-refractivity contribution in [1.82, 2.24) is 10.7 Å². The maximum atomic E-state index is 12.8. The van der Waals surface area contributed by atoms with E-state index < -0.39 is 0 Å². The van der Waals surface area contributed by atoms with Gasteiger partial charge in [-0.25, -0.2) is 15.2 Å². The molecule has 104 valence electrons. The first-order valence-electron chi connectivity index (χ1n) is 6.80. The molecule has 0 atom stereocenters. The number of hydrogen-bond acceptors (Lipinski definition) is 2. The van der Waals surface area contributed by atoms with Crippen molar-refractivity contribution < 1.29 is 4.39 Å². The lowest BCUT2D eigenvalue weighted by Gasteiger charge is -2.24. The lowest BCUT2D eigenvalue weighted by atomic mass is 9.96. The van der Waals surface area contributed by atoms with Gasteiger partial charge in [0.05, 0.1) is 6.54 Å². The summed E-state index contributed by atoms with van der Waals surface area (Å²) in [4.78, 5) is 4.38. The van der Waals surface area contributed by atoms with Crippen LogP contribution in [0.5, 0.6) is 0 Å². The number of aliphatic imine (C=N–C) groups is 1. The summed E-state index contributed by atoms with van der Waals surface area (Å²) in [5, 5.41) is 3.33. The fraction of sp³-hybridized carbons (Fsp3) is 0.500. The van der Waals surface area contributed by atoms with Gasteiger partial charge in [0, 0.05) is 6.04 Å². The van der Waals surface area contributed by atoms with E-state index in [4.69, 9.17) is 5.84 Å². The SMILES string of the molecule is NNC(=NCc1ccc(F)cc1)NC1CCCCC1. The maximum absolute atomic E-state index is 12.8. The number of hydrogen-bond donors (Lipinski definition) is 3. The summed E-state index contributed by atoms with van der Waals surface area (Å²) < 4.78 is 12.8. The predicted octanol–water partition coefficient (Wildman–Crippen LogP) is 2.07. The van der Waals surface area contributed by atoms with Crippen LogP contribution in [0.1, 0.15) is 37.7 Å². The molecule has 5 heteroatoms. The third-order valence-corrected chi connectivity index (χ3v) is 3.42. The highest BCUT2D eigenvalue weighted by Gasteiger charge is 2.13. The van der Waals surface area contributed by atoms with Gasteiger partial charge >= 0.3 is 0 Å². The molecule has 1 fully saturated rings. The third kappa shape index (κ3) is 4.52. The Hall–Kier alpha value is -1.62. The van der Waals surface area contributed by atoms with Crippen molar-refractivity contribution in [3.63, 3.8) is 0 Å². The summed E-state index contributed by atoms with van der Waals surface area (Å²) in [7, 11) is 0. The van der Waals surface area contributed by atoms with Gasteiger partial charge < -0.3 is 5.32 Å². The molecule has 1 aliphatic rings. The van der Waals surface area contributed by atoms with Crippen molar-refractivity contribution >= 4 is 5.96 Å². The monoisotopic (exact) mass is 264 g/mol. The van der Waals surface area contributed by atoms with Gasteiger partial charge in [0.1, 0.15) is 5.82 Å². The van der Waals surface area contributed by atoms with E-state index in [-0.39, 0.29) is 5.82 Å². The van der Waals surface area contributed by atoms with Crippen LogP contribution in [-0.2, 0) is 6.54 Å². The highest BCUT2D eigenvalue weighted by molar-refractivity contribution is 5.79. The fourth-order valence-electron chi connectivity index (χ4n) is 2.33. The van der Waals surface area contributed by atoms with E-state index in [9.17, 15) is 4.39 Å². The zero-order chi connectivity index (χ0) is 13.5. The van der Waals surface area contributed by atoms with E-state index in [1.807, 2.05) is 0 Å². The van der Waals surface area contributed by atoms with Crippen LogP contribution in [0.3, 0.4) is 0 Å². The van der Waals surface area contributed by atoms with Crippen molar-refractivity contribution in [2.45, 2.75) is 44.7 Å². The van der Waals surface area contributed by atoms with E-state index >= 15 is 0 Å². The minimum absolute atomic E-state index is 0.231. The van der Waals surface area contributed by atoms with Gasteiger partial charge in [-0.15, -0.1) is 0 Å². The topological polar surface area (TPSA) is 62.4 Å². The highest BCUT2D eigenvalue weighted by atomic mass is 19.1. The van der Waals surface area contributed by atoms with Crippen LogP contribution in [0.2, 0.25) is 0 Å². The fourth-order valence-corrected chi connectivity index (χ4v) is 2.33. The molecule has 0 saturated heterocycles. The second kappa shape index (κ2) is 7.09. The Labute approximate surface area is 113 Å². The van der Waals surface area contributed by atoms with Gasteiger partial charge in [-0.3, -0.25) is 5.43 Å². The van der Waals surface area contributed by atoms with E-state index in [1.54, 1.807) is 12.1 Å². The number of nitrogens with one attached hydrogen (secondary N) is 2. The molecule has 0 unspecified atom stereocenters. The van der Waals surface area contributed by atoms with E-state index in [2.05, 4.69) is 15.7 Å². The average Bonchev–Trinajstić information content (AvgIpc) is 2.46. The number of guanidine groups is 1. The van der Waals surface area contributed by atoms with Crippen molar-refractivity contribution in [3.8, 4) is 0 Å². The molecule has 0 aromatic heterocycles. The third-order valence-electron chi connectivity index (χ3n) is 3.42. The van der Waals surface area contributed by atoms with Crippen molar-refractivity contribution in [2.75, 3.05) is 0 Å². The molecule has 1 aromatic carbocycles. The molecule has 2 rings (SSSR count). The molecule has 4 nitrogen and oxygen atoms in total. The Morgan fingerprint density at radius 3 is 2.53 bits per heavy atom. The summed E-state index contributed by atoms with van der Waals surface area (Å²) in [6, 6.07) is 6.79. The van der Waals surface area contributed by atoms with Crippen LogP contribution in [0.4, 0.5) is 4.39 Å². The van der Waals surface area contributed by atoms with Crippen LogP contribution < -0.4 is 16.6 Å². The van der Waals surface area contributed by atoms with Crippen LogP contribution in [-0.4, -0.2) is 12.0 Å². The van der Waals surface area contributed by atoms with Crippen molar-refractivity contribution in [3.05, 3.63) is 35.6 Å². The molecule has 0 aliphatic heterocycles. The van der Waals surface area contributed by atoms with Gasteiger partial charge in [-0.1, -0.05) is 31.4 Å². The lowest BCUT2D eigenvalue weighted by Crippen LogP contribution is -2.47. The second-order valence-electron chi connectivity index (χ2n) is 4.91. The molecular formula is C14H21FN4. The largest absolute Gasteiger partial charge is 0.353 e. The Balaban J connectivity index is 1.88. The zero-order valence-electron chi connectivity index (χ0n) is 11.0. The molecule has 0 radical (unpaired) electrons. The lowest BCUT2D eigenvalue weighted by molar-refractivity contribution is 0.410. The number of nitrogens with two attached hydrogens (primary N) is 1. The Morgan fingerprint density at radius 1 is 1.21 bits per heavy atom. The number of hydrazine groups is 1. The summed E-state index contributed by atoms with van der Waals surface area (Å²) in [5.41, 5.74) is 3.55. The van der Waals surface area contributed by atoms with Gasteiger partial charge in [-0.2, -0.15) is 0 Å². The quantitative estimate of drug-likeness (QED) is 0.339. The molecule has 1 aliphatic carbocycles. The molecule has 4 N–H and O–H groups in total. The van der Waals surface area contributed by atoms with Crippen LogP contribution in [0.25, 0.3) is 0 Å². The van der Waals surface area contributed by atoms with E-state index in [0.29, 0.717) is 18.5 Å². The maximum Gasteiger partial charge on any atom is 0.206 e.